The van der Waals surface area contributed by atoms with Gasteiger partial charge < -0.3 is 0 Å². The average Bonchev–Trinajstić information content (AvgIpc) is 3.35. The SMILES string of the molecule is Clc1cccc(/C=N\n2c(-c3cccs3)csc2=NCc2ccccc2)c1. The van der Waals surface area contributed by atoms with Crippen LogP contribution in [0.2, 0.25) is 5.02 Å². The molecule has 0 saturated heterocycles. The Bertz CT molecular complexity index is 1110. The number of thiazole rings is 1. The maximum Gasteiger partial charge on any atom is 0.206 e. The predicted molar refractivity (Wildman–Crippen MR) is 116 cm³/mol. The fraction of sp³-hybridized carbons (Fsp3) is 0.0476. The minimum atomic E-state index is 0.623. The summed E-state index contributed by atoms with van der Waals surface area (Å²) in [4.78, 5) is 6.81. The minimum absolute atomic E-state index is 0.623. The van der Waals surface area contributed by atoms with E-state index in [0.717, 1.165) is 20.9 Å². The molecule has 0 aliphatic carbocycles. The molecule has 3 nitrogen and oxygen atoms in total. The Balaban J connectivity index is 1.73. The molecule has 0 N–H and O–H groups in total. The monoisotopic (exact) mass is 409 g/mol. The van der Waals surface area contributed by atoms with Crippen LogP contribution < -0.4 is 4.80 Å². The maximum atomic E-state index is 6.08. The van der Waals surface area contributed by atoms with E-state index in [4.69, 9.17) is 21.7 Å². The summed E-state index contributed by atoms with van der Waals surface area (Å²) in [5.74, 6) is 0. The molecular weight excluding hydrogens is 394 g/mol. The van der Waals surface area contributed by atoms with Crippen molar-refractivity contribution in [1.82, 2.24) is 4.68 Å². The molecule has 2 aromatic heterocycles. The zero-order valence-electron chi connectivity index (χ0n) is 14.3. The Kier molecular flexibility index (Phi) is 5.63. The number of thiophene rings is 1. The van der Waals surface area contributed by atoms with Crippen LogP contribution in [0.25, 0.3) is 10.6 Å². The predicted octanol–water partition coefficient (Wildman–Crippen LogP) is 5.91. The number of rotatable bonds is 5. The van der Waals surface area contributed by atoms with E-state index in [2.05, 4.69) is 29.0 Å². The van der Waals surface area contributed by atoms with Crippen LogP contribution in [0.5, 0.6) is 0 Å². The first-order valence-corrected chi connectivity index (χ1v) is 10.5. The Morgan fingerprint density at radius 3 is 2.63 bits per heavy atom. The highest BCUT2D eigenvalue weighted by molar-refractivity contribution is 7.14. The van der Waals surface area contributed by atoms with Gasteiger partial charge in [0.25, 0.3) is 0 Å². The molecule has 0 aliphatic rings. The molecule has 0 atom stereocenters. The third-order valence-corrected chi connectivity index (χ3v) is 5.85. The standard InChI is InChI=1S/C21H16ClN3S2/c22-18-9-4-8-17(12-18)14-24-25-19(20-10-5-11-26-20)15-27-21(25)23-13-16-6-2-1-3-7-16/h1-12,14-15H,13H2/b23-21?,24-14-. The summed E-state index contributed by atoms with van der Waals surface area (Å²) in [5, 5.41) is 9.57. The van der Waals surface area contributed by atoms with Gasteiger partial charge in [0, 0.05) is 10.4 Å². The second-order valence-corrected chi connectivity index (χ2v) is 8.01. The van der Waals surface area contributed by atoms with Crippen LogP contribution in [-0.2, 0) is 6.54 Å². The van der Waals surface area contributed by atoms with Crippen LogP contribution in [0.4, 0.5) is 0 Å². The van der Waals surface area contributed by atoms with E-state index in [1.807, 2.05) is 59.4 Å². The molecule has 2 aromatic carbocycles. The van der Waals surface area contributed by atoms with Crippen molar-refractivity contribution >= 4 is 40.5 Å². The normalized spacial score (nSPS) is 12.1. The molecule has 0 fully saturated rings. The van der Waals surface area contributed by atoms with E-state index in [0.29, 0.717) is 11.6 Å². The molecule has 4 rings (SSSR count). The molecule has 0 amide bonds. The largest absolute Gasteiger partial charge is 0.253 e. The molecular formula is C21H16ClN3S2. The molecule has 0 bridgehead atoms. The number of hydrogen-bond donors (Lipinski definition) is 0. The first kappa shape index (κ1) is 17.9. The Hall–Kier alpha value is -2.47. The molecule has 0 aliphatic heterocycles. The summed E-state index contributed by atoms with van der Waals surface area (Å²) in [7, 11) is 0. The summed E-state index contributed by atoms with van der Waals surface area (Å²) < 4.78 is 1.90. The number of benzene rings is 2. The van der Waals surface area contributed by atoms with Gasteiger partial charge in [-0.25, -0.2) is 4.68 Å². The van der Waals surface area contributed by atoms with Crippen molar-refractivity contribution in [2.45, 2.75) is 6.54 Å². The summed E-state index contributed by atoms with van der Waals surface area (Å²) in [6.45, 7) is 0.623. The van der Waals surface area contributed by atoms with Crippen LogP contribution in [0.3, 0.4) is 0 Å². The Morgan fingerprint density at radius 1 is 0.963 bits per heavy atom. The van der Waals surface area contributed by atoms with Gasteiger partial charge in [-0.1, -0.05) is 60.1 Å². The number of nitrogens with zero attached hydrogens (tertiary/aromatic N) is 3. The van der Waals surface area contributed by atoms with Crippen molar-refractivity contribution in [2.24, 2.45) is 10.1 Å². The van der Waals surface area contributed by atoms with Gasteiger partial charge in [-0.2, -0.15) is 5.10 Å². The van der Waals surface area contributed by atoms with E-state index in [1.54, 1.807) is 22.7 Å². The van der Waals surface area contributed by atoms with Crippen LogP contribution in [0, 0.1) is 0 Å². The zero-order chi connectivity index (χ0) is 18.5. The van der Waals surface area contributed by atoms with Crippen molar-refractivity contribution in [1.29, 1.82) is 0 Å². The fourth-order valence-electron chi connectivity index (χ4n) is 2.57. The van der Waals surface area contributed by atoms with E-state index in [1.165, 1.54) is 5.56 Å². The Labute approximate surface area is 170 Å². The molecule has 134 valence electrons. The molecule has 6 heteroatoms. The third kappa shape index (κ3) is 4.45. The lowest BCUT2D eigenvalue weighted by Crippen LogP contribution is -2.12. The van der Waals surface area contributed by atoms with Crippen molar-refractivity contribution in [3.05, 3.63) is 98.4 Å². The second kappa shape index (κ2) is 8.48. The smallest absolute Gasteiger partial charge is 0.206 e. The summed E-state index contributed by atoms with van der Waals surface area (Å²) in [6.07, 6.45) is 1.82. The summed E-state index contributed by atoms with van der Waals surface area (Å²) in [5.41, 5.74) is 3.17. The second-order valence-electron chi connectivity index (χ2n) is 5.79. The first-order valence-electron chi connectivity index (χ1n) is 8.38. The molecule has 0 saturated carbocycles. The lowest BCUT2D eigenvalue weighted by molar-refractivity contribution is 0.826. The van der Waals surface area contributed by atoms with Crippen molar-refractivity contribution in [3.63, 3.8) is 0 Å². The topological polar surface area (TPSA) is 29.6 Å². The maximum absolute atomic E-state index is 6.08. The highest BCUT2D eigenvalue weighted by Gasteiger charge is 2.08. The van der Waals surface area contributed by atoms with Crippen LogP contribution in [-0.4, -0.2) is 10.9 Å². The van der Waals surface area contributed by atoms with E-state index in [-0.39, 0.29) is 0 Å². The molecule has 0 radical (unpaired) electrons. The van der Waals surface area contributed by atoms with Gasteiger partial charge in [0.1, 0.15) is 0 Å². The van der Waals surface area contributed by atoms with E-state index >= 15 is 0 Å². The Morgan fingerprint density at radius 2 is 1.85 bits per heavy atom. The van der Waals surface area contributed by atoms with Crippen LogP contribution in [0.15, 0.2) is 87.6 Å². The van der Waals surface area contributed by atoms with Gasteiger partial charge in [-0.05, 0) is 34.7 Å². The lowest BCUT2D eigenvalue weighted by Gasteiger charge is -2.01. The van der Waals surface area contributed by atoms with Gasteiger partial charge >= 0.3 is 0 Å². The highest BCUT2D eigenvalue weighted by Crippen LogP contribution is 2.25. The van der Waals surface area contributed by atoms with E-state index in [9.17, 15) is 0 Å². The fourth-order valence-corrected chi connectivity index (χ4v) is 4.40. The molecule has 4 aromatic rings. The van der Waals surface area contributed by atoms with Gasteiger partial charge in [-0.15, -0.1) is 22.7 Å². The summed E-state index contributed by atoms with van der Waals surface area (Å²) >= 11 is 9.37. The third-order valence-electron chi connectivity index (χ3n) is 3.87. The number of halogens is 1. The highest BCUT2D eigenvalue weighted by atomic mass is 35.5. The van der Waals surface area contributed by atoms with E-state index < -0.39 is 0 Å². The van der Waals surface area contributed by atoms with Gasteiger partial charge in [0.05, 0.1) is 23.3 Å². The van der Waals surface area contributed by atoms with Crippen molar-refractivity contribution < 1.29 is 0 Å². The molecule has 2 heterocycles. The van der Waals surface area contributed by atoms with Crippen LogP contribution in [0.1, 0.15) is 11.1 Å². The lowest BCUT2D eigenvalue weighted by atomic mass is 10.2. The van der Waals surface area contributed by atoms with Crippen LogP contribution >= 0.6 is 34.3 Å². The minimum Gasteiger partial charge on any atom is -0.253 e. The number of hydrogen-bond acceptors (Lipinski definition) is 4. The van der Waals surface area contributed by atoms with Gasteiger partial charge in [-0.3, -0.25) is 4.99 Å². The van der Waals surface area contributed by atoms with Gasteiger partial charge in [0.2, 0.25) is 4.80 Å². The number of aromatic nitrogens is 1. The average molecular weight is 410 g/mol. The van der Waals surface area contributed by atoms with Crippen molar-refractivity contribution in [2.75, 3.05) is 0 Å². The molecule has 27 heavy (non-hydrogen) atoms. The van der Waals surface area contributed by atoms with Crippen molar-refractivity contribution in [3.8, 4) is 10.6 Å². The van der Waals surface area contributed by atoms with Gasteiger partial charge in [0.15, 0.2) is 0 Å². The zero-order valence-corrected chi connectivity index (χ0v) is 16.7. The molecule has 0 spiro atoms. The quantitative estimate of drug-likeness (QED) is 0.366. The molecule has 0 unspecified atom stereocenters. The first-order chi connectivity index (χ1) is 13.3. The summed E-state index contributed by atoms with van der Waals surface area (Å²) in [6, 6.07) is 22.0.